The largest absolute Gasteiger partial charge is 0.444 e. The molecule has 1 aliphatic carbocycles. The third-order valence-electron chi connectivity index (χ3n) is 5.55. The van der Waals surface area contributed by atoms with Crippen LogP contribution >= 0.6 is 0 Å². The first-order chi connectivity index (χ1) is 13.7. The number of ether oxygens (including phenoxy) is 1. The fourth-order valence-corrected chi connectivity index (χ4v) is 3.99. The Morgan fingerprint density at radius 1 is 1.21 bits per heavy atom. The maximum absolute atomic E-state index is 13.1. The topological polar surface area (TPSA) is 83.2 Å². The number of carbonyl (C=O) groups is 2. The van der Waals surface area contributed by atoms with E-state index in [0.717, 1.165) is 35.7 Å². The minimum Gasteiger partial charge on any atom is -0.444 e. The zero-order valence-corrected chi connectivity index (χ0v) is 17.9. The van der Waals surface area contributed by atoms with E-state index in [1.54, 1.807) is 0 Å². The van der Waals surface area contributed by atoms with Crippen molar-refractivity contribution in [1.82, 2.24) is 15.6 Å². The molecule has 0 aliphatic heterocycles. The molecule has 0 radical (unpaired) electrons. The fraction of sp³-hybridized carbons (Fsp3) is 0.565. The maximum atomic E-state index is 13.1. The number of aromatic nitrogens is 1. The second kappa shape index (κ2) is 8.89. The monoisotopic (exact) mass is 399 g/mol. The van der Waals surface area contributed by atoms with Gasteiger partial charge < -0.3 is 20.4 Å². The number of para-hydroxylation sites is 1. The van der Waals surface area contributed by atoms with Crippen molar-refractivity contribution < 1.29 is 14.3 Å². The average molecular weight is 400 g/mol. The van der Waals surface area contributed by atoms with Gasteiger partial charge in [0.25, 0.3) is 0 Å². The quantitative estimate of drug-likeness (QED) is 0.701. The molecule has 1 aromatic heterocycles. The van der Waals surface area contributed by atoms with Crippen molar-refractivity contribution in [2.75, 3.05) is 0 Å². The number of nitrogens with one attached hydrogen (secondary N) is 3. The summed E-state index contributed by atoms with van der Waals surface area (Å²) in [5, 5.41) is 7.03. The highest BCUT2D eigenvalue weighted by Gasteiger charge is 2.29. The van der Waals surface area contributed by atoms with E-state index in [2.05, 4.69) is 22.5 Å². The van der Waals surface area contributed by atoms with Crippen LogP contribution in [-0.4, -0.2) is 34.7 Å². The van der Waals surface area contributed by atoms with Crippen molar-refractivity contribution in [3.05, 3.63) is 36.0 Å². The predicted molar refractivity (Wildman–Crippen MR) is 115 cm³/mol. The van der Waals surface area contributed by atoms with Gasteiger partial charge in [-0.3, -0.25) is 4.79 Å². The van der Waals surface area contributed by atoms with Crippen LogP contribution in [0.3, 0.4) is 0 Å². The molecule has 2 amide bonds. The molecule has 0 unspecified atom stereocenters. The van der Waals surface area contributed by atoms with Crippen LogP contribution in [0.5, 0.6) is 0 Å². The van der Waals surface area contributed by atoms with Gasteiger partial charge in [0.05, 0.1) is 0 Å². The lowest BCUT2D eigenvalue weighted by atomic mass is 9.85. The van der Waals surface area contributed by atoms with Crippen LogP contribution in [0.1, 0.15) is 58.9 Å². The lowest BCUT2D eigenvalue weighted by Crippen LogP contribution is -2.53. The van der Waals surface area contributed by atoms with Crippen LogP contribution in [0, 0.1) is 5.92 Å². The Hall–Kier alpha value is -2.50. The second-order valence-corrected chi connectivity index (χ2v) is 9.14. The number of fused-ring (bicyclic) bond motifs is 1. The van der Waals surface area contributed by atoms with Gasteiger partial charge in [-0.05, 0) is 51.2 Å². The van der Waals surface area contributed by atoms with E-state index in [9.17, 15) is 9.59 Å². The molecule has 0 bridgehead atoms. The van der Waals surface area contributed by atoms with Gasteiger partial charge in [0, 0.05) is 29.6 Å². The first kappa shape index (κ1) is 21.2. The number of amides is 2. The second-order valence-electron chi connectivity index (χ2n) is 9.14. The maximum Gasteiger partial charge on any atom is 0.408 e. The summed E-state index contributed by atoms with van der Waals surface area (Å²) in [7, 11) is 0. The zero-order chi connectivity index (χ0) is 21.0. The van der Waals surface area contributed by atoms with E-state index < -0.39 is 17.7 Å². The minimum atomic E-state index is -0.696. The number of hydrogen-bond acceptors (Lipinski definition) is 3. The van der Waals surface area contributed by atoms with Crippen molar-refractivity contribution in [3.63, 3.8) is 0 Å². The van der Waals surface area contributed by atoms with Crippen LogP contribution in [-0.2, 0) is 16.0 Å². The number of benzene rings is 1. The van der Waals surface area contributed by atoms with Crippen molar-refractivity contribution in [2.24, 2.45) is 5.92 Å². The molecule has 1 saturated carbocycles. The van der Waals surface area contributed by atoms with Crippen molar-refractivity contribution in [2.45, 2.75) is 77.5 Å². The molecular formula is C23H33N3O3. The van der Waals surface area contributed by atoms with Crippen LogP contribution in [0.15, 0.2) is 30.5 Å². The zero-order valence-electron chi connectivity index (χ0n) is 17.9. The first-order valence-electron chi connectivity index (χ1n) is 10.6. The van der Waals surface area contributed by atoms with E-state index in [4.69, 9.17) is 4.74 Å². The molecule has 6 heteroatoms. The highest BCUT2D eigenvalue weighted by Crippen LogP contribution is 2.24. The van der Waals surface area contributed by atoms with Crippen LogP contribution in [0.25, 0.3) is 10.9 Å². The summed E-state index contributed by atoms with van der Waals surface area (Å²) < 4.78 is 5.40. The highest BCUT2D eigenvalue weighted by molar-refractivity contribution is 5.88. The molecule has 0 spiro atoms. The number of hydrogen-bond donors (Lipinski definition) is 3. The van der Waals surface area contributed by atoms with Gasteiger partial charge in [-0.15, -0.1) is 0 Å². The molecule has 3 atom stereocenters. The Morgan fingerprint density at radius 3 is 2.66 bits per heavy atom. The number of rotatable bonds is 5. The summed E-state index contributed by atoms with van der Waals surface area (Å²) in [4.78, 5) is 28.8. The molecule has 1 heterocycles. The fourth-order valence-electron chi connectivity index (χ4n) is 3.99. The SMILES string of the molecule is C[C@H]1CCCC[C@@H]1NC(=O)[C@H](Cc1c[nH]c2ccccc12)NC(=O)OC(C)(C)C. The van der Waals surface area contributed by atoms with Crippen LogP contribution in [0.2, 0.25) is 0 Å². The molecule has 1 fully saturated rings. The molecule has 1 aromatic carbocycles. The Balaban J connectivity index is 1.76. The molecule has 158 valence electrons. The Morgan fingerprint density at radius 2 is 1.93 bits per heavy atom. The Labute approximate surface area is 172 Å². The van der Waals surface area contributed by atoms with Crippen LogP contribution in [0.4, 0.5) is 4.79 Å². The number of aromatic amines is 1. The summed E-state index contributed by atoms with van der Waals surface area (Å²) >= 11 is 0. The lowest BCUT2D eigenvalue weighted by molar-refractivity contribution is -0.124. The van der Waals surface area contributed by atoms with E-state index >= 15 is 0 Å². The van der Waals surface area contributed by atoms with Gasteiger partial charge in [-0.25, -0.2) is 4.79 Å². The summed E-state index contributed by atoms with van der Waals surface area (Å²) in [5.74, 6) is 0.294. The minimum absolute atomic E-state index is 0.153. The Kier molecular flexibility index (Phi) is 6.50. The van der Waals surface area contributed by atoms with Gasteiger partial charge in [-0.1, -0.05) is 38.0 Å². The standard InChI is InChI=1S/C23H33N3O3/c1-15-9-5-7-11-18(15)25-21(27)20(26-22(28)29-23(2,3)4)13-16-14-24-19-12-8-6-10-17(16)19/h6,8,10,12,14-15,18,20,24H,5,7,9,11,13H2,1-4H3,(H,25,27)(H,26,28)/t15-,18-,20-/m0/s1. The van der Waals surface area contributed by atoms with Gasteiger partial charge in [-0.2, -0.15) is 0 Å². The van der Waals surface area contributed by atoms with E-state index in [-0.39, 0.29) is 11.9 Å². The smallest absolute Gasteiger partial charge is 0.408 e. The summed E-state index contributed by atoms with van der Waals surface area (Å²) in [6, 6.07) is 7.42. The van der Waals surface area contributed by atoms with Gasteiger partial charge >= 0.3 is 6.09 Å². The van der Waals surface area contributed by atoms with Gasteiger partial charge in [0.15, 0.2) is 0 Å². The molecule has 6 nitrogen and oxygen atoms in total. The van der Waals surface area contributed by atoms with E-state index in [1.165, 1.54) is 6.42 Å². The van der Waals surface area contributed by atoms with Crippen molar-refractivity contribution >= 4 is 22.9 Å². The molecule has 1 aliphatic rings. The molecule has 29 heavy (non-hydrogen) atoms. The van der Waals surface area contributed by atoms with Crippen molar-refractivity contribution in [3.8, 4) is 0 Å². The van der Waals surface area contributed by atoms with Gasteiger partial charge in [0.1, 0.15) is 11.6 Å². The van der Waals surface area contributed by atoms with Gasteiger partial charge in [0.2, 0.25) is 5.91 Å². The first-order valence-corrected chi connectivity index (χ1v) is 10.6. The molecule has 3 N–H and O–H groups in total. The third-order valence-corrected chi connectivity index (χ3v) is 5.55. The highest BCUT2D eigenvalue weighted by atomic mass is 16.6. The number of alkyl carbamates (subject to hydrolysis) is 1. The molecule has 3 rings (SSSR count). The van der Waals surface area contributed by atoms with E-state index in [1.807, 2.05) is 51.2 Å². The predicted octanol–water partition coefficient (Wildman–Crippen LogP) is 4.30. The molecular weight excluding hydrogens is 366 g/mol. The van der Waals surface area contributed by atoms with E-state index in [0.29, 0.717) is 12.3 Å². The number of H-pyrrole nitrogens is 1. The average Bonchev–Trinajstić information content (AvgIpc) is 3.04. The number of carbonyl (C=O) groups excluding carboxylic acids is 2. The third kappa shape index (κ3) is 5.75. The Bertz CT molecular complexity index is 852. The summed E-state index contributed by atoms with van der Waals surface area (Å²) in [6.07, 6.45) is 6.18. The van der Waals surface area contributed by atoms with Crippen molar-refractivity contribution in [1.29, 1.82) is 0 Å². The summed E-state index contributed by atoms with van der Waals surface area (Å²) in [6.45, 7) is 7.61. The molecule has 0 saturated heterocycles. The van der Waals surface area contributed by atoms with Crippen LogP contribution < -0.4 is 10.6 Å². The normalized spacial score (nSPS) is 20.8. The molecule has 2 aromatic rings. The summed E-state index contributed by atoms with van der Waals surface area (Å²) in [5.41, 5.74) is 1.39. The lowest BCUT2D eigenvalue weighted by Gasteiger charge is -2.31.